The van der Waals surface area contributed by atoms with Crippen LogP contribution >= 0.6 is 0 Å². The number of nitrogens with zero attached hydrogens (tertiary/aromatic N) is 1. The van der Waals surface area contributed by atoms with Gasteiger partial charge < -0.3 is 9.67 Å². The fraction of sp³-hybridized carbons (Fsp3) is 0.222. The molecule has 0 fully saturated rings. The molecule has 0 bridgehead atoms. The summed E-state index contributed by atoms with van der Waals surface area (Å²) in [5.74, 6) is 0.871. The van der Waals surface area contributed by atoms with Crippen LogP contribution in [-0.4, -0.2) is 9.67 Å². The minimum Gasteiger partial charge on any atom is -0.508 e. The van der Waals surface area contributed by atoms with Gasteiger partial charge in [0.15, 0.2) is 0 Å². The van der Waals surface area contributed by atoms with E-state index in [1.165, 1.54) is 16.6 Å². The van der Waals surface area contributed by atoms with E-state index in [1.54, 1.807) is 6.07 Å². The first-order valence-corrected chi connectivity index (χ1v) is 7.03. The molecule has 0 atom stereocenters. The molecule has 0 amide bonds. The standard InChI is InChI=1S/C18H19NO/c1-13(2)12-19-17(14-6-4-3-5-7-14)10-15-8-9-16(20)11-18(15)19/h3-11,13,20H,12H2,1-2H3. The van der Waals surface area contributed by atoms with Gasteiger partial charge in [-0.2, -0.15) is 0 Å². The van der Waals surface area contributed by atoms with Crippen LogP contribution in [0.1, 0.15) is 13.8 Å². The minimum absolute atomic E-state index is 0.320. The Balaban J connectivity index is 2.25. The molecule has 0 aliphatic heterocycles. The van der Waals surface area contributed by atoms with Gasteiger partial charge in [0.2, 0.25) is 0 Å². The lowest BCUT2D eigenvalue weighted by molar-refractivity contribution is 0.475. The molecule has 0 saturated heterocycles. The van der Waals surface area contributed by atoms with Crippen molar-refractivity contribution in [2.45, 2.75) is 20.4 Å². The van der Waals surface area contributed by atoms with E-state index < -0.39 is 0 Å². The van der Waals surface area contributed by atoms with Crippen molar-refractivity contribution in [2.24, 2.45) is 5.92 Å². The van der Waals surface area contributed by atoms with Crippen molar-refractivity contribution in [3.63, 3.8) is 0 Å². The monoisotopic (exact) mass is 265 g/mol. The van der Waals surface area contributed by atoms with Crippen LogP contribution in [0.3, 0.4) is 0 Å². The van der Waals surface area contributed by atoms with Crippen LogP contribution < -0.4 is 0 Å². The number of aromatic nitrogens is 1. The van der Waals surface area contributed by atoms with Gasteiger partial charge >= 0.3 is 0 Å². The van der Waals surface area contributed by atoms with E-state index in [0.717, 1.165) is 12.1 Å². The highest BCUT2D eigenvalue weighted by molar-refractivity contribution is 5.88. The largest absolute Gasteiger partial charge is 0.508 e. The minimum atomic E-state index is 0.320. The number of rotatable bonds is 3. The number of aromatic hydroxyl groups is 1. The molecule has 1 N–H and O–H groups in total. The molecule has 2 heteroatoms. The van der Waals surface area contributed by atoms with E-state index in [-0.39, 0.29) is 0 Å². The van der Waals surface area contributed by atoms with Crippen LogP contribution in [0.2, 0.25) is 0 Å². The summed E-state index contributed by atoms with van der Waals surface area (Å²) in [5.41, 5.74) is 3.52. The average Bonchev–Trinajstić information content (AvgIpc) is 2.77. The van der Waals surface area contributed by atoms with Crippen LogP contribution in [0.25, 0.3) is 22.2 Å². The summed E-state index contributed by atoms with van der Waals surface area (Å²) in [5, 5.41) is 10.9. The molecule has 3 aromatic rings. The van der Waals surface area contributed by atoms with E-state index in [2.05, 4.69) is 48.7 Å². The first kappa shape index (κ1) is 12.8. The normalized spacial score (nSPS) is 11.3. The highest BCUT2D eigenvalue weighted by Crippen LogP contribution is 2.31. The first-order valence-electron chi connectivity index (χ1n) is 7.03. The predicted molar refractivity (Wildman–Crippen MR) is 83.9 cm³/mol. The number of hydrogen-bond donors (Lipinski definition) is 1. The van der Waals surface area contributed by atoms with Gasteiger partial charge in [-0.15, -0.1) is 0 Å². The fourth-order valence-corrected chi connectivity index (χ4v) is 2.65. The Kier molecular flexibility index (Phi) is 3.23. The maximum Gasteiger partial charge on any atom is 0.117 e. The second kappa shape index (κ2) is 5.04. The summed E-state index contributed by atoms with van der Waals surface area (Å²) >= 11 is 0. The highest BCUT2D eigenvalue weighted by atomic mass is 16.3. The Labute approximate surface area is 119 Å². The topological polar surface area (TPSA) is 25.2 Å². The van der Waals surface area contributed by atoms with E-state index in [9.17, 15) is 5.11 Å². The van der Waals surface area contributed by atoms with E-state index in [4.69, 9.17) is 0 Å². The van der Waals surface area contributed by atoms with Gasteiger partial charge in [-0.05, 0) is 29.7 Å². The van der Waals surface area contributed by atoms with Gasteiger partial charge in [0.1, 0.15) is 5.75 Å². The van der Waals surface area contributed by atoms with Crippen LogP contribution in [0, 0.1) is 5.92 Å². The lowest BCUT2D eigenvalue weighted by atomic mass is 10.1. The van der Waals surface area contributed by atoms with Crippen molar-refractivity contribution >= 4 is 10.9 Å². The van der Waals surface area contributed by atoms with Crippen molar-refractivity contribution in [3.8, 4) is 17.0 Å². The highest BCUT2D eigenvalue weighted by Gasteiger charge is 2.12. The fourth-order valence-electron chi connectivity index (χ4n) is 2.65. The molecular weight excluding hydrogens is 246 g/mol. The van der Waals surface area contributed by atoms with Crippen LogP contribution in [0.4, 0.5) is 0 Å². The summed E-state index contributed by atoms with van der Waals surface area (Å²) in [4.78, 5) is 0. The summed E-state index contributed by atoms with van der Waals surface area (Å²) in [6.45, 7) is 5.37. The summed E-state index contributed by atoms with van der Waals surface area (Å²) in [6.07, 6.45) is 0. The molecule has 1 aromatic heterocycles. The molecule has 102 valence electrons. The van der Waals surface area contributed by atoms with Crippen molar-refractivity contribution < 1.29 is 5.11 Å². The van der Waals surface area contributed by atoms with Gasteiger partial charge in [-0.3, -0.25) is 0 Å². The summed E-state index contributed by atoms with van der Waals surface area (Å²) in [6, 6.07) is 18.2. The van der Waals surface area contributed by atoms with E-state index in [1.807, 2.05) is 18.2 Å². The molecule has 3 rings (SSSR count). The molecule has 2 aromatic carbocycles. The molecule has 0 saturated carbocycles. The third kappa shape index (κ3) is 2.29. The summed E-state index contributed by atoms with van der Waals surface area (Å²) in [7, 11) is 0. The lowest BCUT2D eigenvalue weighted by Gasteiger charge is -2.13. The van der Waals surface area contributed by atoms with Gasteiger partial charge in [-0.1, -0.05) is 44.2 Å². The van der Waals surface area contributed by atoms with Gasteiger partial charge in [0.25, 0.3) is 0 Å². The maximum absolute atomic E-state index is 9.76. The third-order valence-corrected chi connectivity index (χ3v) is 3.51. The molecule has 2 nitrogen and oxygen atoms in total. The van der Waals surface area contributed by atoms with Crippen LogP contribution in [0.5, 0.6) is 5.75 Å². The second-order valence-corrected chi connectivity index (χ2v) is 5.64. The van der Waals surface area contributed by atoms with Gasteiger partial charge in [0, 0.05) is 23.7 Å². The van der Waals surface area contributed by atoms with Gasteiger partial charge in [-0.25, -0.2) is 0 Å². The smallest absolute Gasteiger partial charge is 0.117 e. The molecule has 0 unspecified atom stereocenters. The van der Waals surface area contributed by atoms with Crippen molar-refractivity contribution in [3.05, 3.63) is 54.6 Å². The molecule has 1 heterocycles. The summed E-state index contributed by atoms with van der Waals surface area (Å²) < 4.78 is 2.30. The Morgan fingerprint density at radius 2 is 1.75 bits per heavy atom. The number of phenolic OH excluding ortho intramolecular Hbond substituents is 1. The Hall–Kier alpha value is -2.22. The Morgan fingerprint density at radius 3 is 2.45 bits per heavy atom. The quantitative estimate of drug-likeness (QED) is 0.731. The Morgan fingerprint density at radius 1 is 1.00 bits per heavy atom. The van der Waals surface area contributed by atoms with Crippen molar-refractivity contribution in [1.82, 2.24) is 4.57 Å². The van der Waals surface area contributed by atoms with Crippen molar-refractivity contribution in [2.75, 3.05) is 0 Å². The SMILES string of the molecule is CC(C)Cn1c(-c2ccccc2)cc2ccc(O)cc21. The molecule has 0 radical (unpaired) electrons. The zero-order valence-electron chi connectivity index (χ0n) is 11.9. The van der Waals surface area contributed by atoms with Gasteiger partial charge in [0.05, 0.1) is 5.52 Å². The number of phenols is 1. The second-order valence-electron chi connectivity index (χ2n) is 5.64. The average molecular weight is 265 g/mol. The zero-order chi connectivity index (χ0) is 14.1. The number of hydrogen-bond acceptors (Lipinski definition) is 1. The predicted octanol–water partition coefficient (Wildman–Crippen LogP) is 4.67. The third-order valence-electron chi connectivity index (χ3n) is 3.51. The number of benzene rings is 2. The van der Waals surface area contributed by atoms with E-state index >= 15 is 0 Å². The Bertz CT molecular complexity index is 726. The molecule has 0 aliphatic carbocycles. The number of fused-ring (bicyclic) bond motifs is 1. The van der Waals surface area contributed by atoms with Crippen LogP contribution in [0.15, 0.2) is 54.6 Å². The molecule has 0 aliphatic rings. The maximum atomic E-state index is 9.76. The van der Waals surface area contributed by atoms with Crippen molar-refractivity contribution in [1.29, 1.82) is 0 Å². The molecule has 20 heavy (non-hydrogen) atoms. The lowest BCUT2D eigenvalue weighted by Crippen LogP contribution is -2.05. The zero-order valence-corrected chi connectivity index (χ0v) is 11.9. The molecule has 0 spiro atoms. The molecular formula is C18H19NO. The van der Waals surface area contributed by atoms with Crippen LogP contribution in [-0.2, 0) is 6.54 Å². The van der Waals surface area contributed by atoms with E-state index in [0.29, 0.717) is 11.7 Å². The first-order chi connectivity index (χ1) is 9.65.